The van der Waals surface area contributed by atoms with Crippen molar-refractivity contribution in [1.82, 2.24) is 14.5 Å². The van der Waals surface area contributed by atoms with E-state index in [4.69, 9.17) is 9.72 Å². The Balaban J connectivity index is 1.30. The van der Waals surface area contributed by atoms with Crippen molar-refractivity contribution in [3.05, 3.63) is 69.6 Å². The van der Waals surface area contributed by atoms with Crippen LogP contribution in [0.4, 0.5) is 0 Å². The summed E-state index contributed by atoms with van der Waals surface area (Å²) in [5.41, 5.74) is 3.37. The first-order valence-electron chi connectivity index (χ1n) is 16.2. The third-order valence-electron chi connectivity index (χ3n) is 10.1. The molecule has 1 aliphatic carbocycles. The molecule has 224 valence electrons. The van der Waals surface area contributed by atoms with E-state index < -0.39 is 5.97 Å². The van der Waals surface area contributed by atoms with Crippen LogP contribution in [0, 0.1) is 5.92 Å². The van der Waals surface area contributed by atoms with E-state index in [0.29, 0.717) is 36.5 Å². The summed E-state index contributed by atoms with van der Waals surface area (Å²) in [6, 6.07) is 14.4. The van der Waals surface area contributed by atoms with E-state index in [9.17, 15) is 14.7 Å². The zero-order valence-electron chi connectivity index (χ0n) is 25.0. The second-order valence-electron chi connectivity index (χ2n) is 12.8. The minimum Gasteiger partial charge on any atom is -0.507 e. The van der Waals surface area contributed by atoms with Crippen LogP contribution in [-0.2, 0) is 17.6 Å². The molecule has 3 aliphatic rings. The zero-order chi connectivity index (χ0) is 29.1. The van der Waals surface area contributed by atoms with Gasteiger partial charge in [-0.25, -0.2) is 9.78 Å². The van der Waals surface area contributed by atoms with Crippen molar-refractivity contribution in [1.29, 1.82) is 0 Å². The molecular formula is C35H45N3O4. The van der Waals surface area contributed by atoms with Crippen LogP contribution in [0.15, 0.2) is 47.3 Å². The van der Waals surface area contributed by atoms with Gasteiger partial charge in [0, 0.05) is 24.7 Å². The van der Waals surface area contributed by atoms with E-state index >= 15 is 0 Å². The highest BCUT2D eigenvalue weighted by Crippen LogP contribution is 2.40. The number of hydrogen-bond donors (Lipinski definition) is 1. The predicted octanol–water partition coefficient (Wildman–Crippen LogP) is 6.59. The van der Waals surface area contributed by atoms with Crippen LogP contribution in [0.5, 0.6) is 5.75 Å². The van der Waals surface area contributed by atoms with E-state index in [0.717, 1.165) is 29.4 Å². The molecule has 2 aliphatic heterocycles. The minimum atomic E-state index is -0.576. The SMILES string of the molecule is COC(=O)c1cc(CCc2nc3ccccc3n([C@@H]3C[C@H]4CCC[C@H](C3)N(C3CCCCCCC3)C4)c2=O)ccc1O. The number of ether oxygens (including phenoxy) is 1. The molecule has 42 heavy (non-hydrogen) atoms. The Morgan fingerprint density at radius 3 is 2.48 bits per heavy atom. The van der Waals surface area contributed by atoms with Gasteiger partial charge in [-0.1, -0.05) is 56.7 Å². The number of aromatic nitrogens is 2. The standard InChI is InChI=1S/C35H45N3O4/c1-42-35(41)29-21-24(17-19-33(29)39)16-18-31-34(40)38(32-15-8-7-14-30(32)36-31)28-20-25-10-9-13-27(22-28)37(23-25)26-11-5-3-2-4-6-12-26/h7-8,14-15,17,19,21,25-28,39H,2-6,9-13,16,18,20,22-23H2,1H3/t25-,27-,28-/m1/s1. The third kappa shape index (κ3) is 6.12. The maximum absolute atomic E-state index is 14.3. The average molecular weight is 572 g/mol. The Morgan fingerprint density at radius 2 is 1.67 bits per heavy atom. The summed E-state index contributed by atoms with van der Waals surface area (Å²) < 4.78 is 6.91. The van der Waals surface area contributed by atoms with Gasteiger partial charge in [0.25, 0.3) is 5.56 Å². The number of aryl methyl sites for hydroxylation is 2. The molecule has 6 rings (SSSR count). The number of methoxy groups -OCH3 is 1. The second kappa shape index (κ2) is 13.0. The molecule has 3 aromatic rings. The van der Waals surface area contributed by atoms with Crippen LogP contribution in [0.25, 0.3) is 11.0 Å². The van der Waals surface area contributed by atoms with Gasteiger partial charge in [0.15, 0.2) is 0 Å². The van der Waals surface area contributed by atoms with Crippen LogP contribution >= 0.6 is 0 Å². The van der Waals surface area contributed by atoms with Crippen LogP contribution in [-0.4, -0.2) is 51.3 Å². The quantitative estimate of drug-likeness (QED) is 0.336. The Kier molecular flexibility index (Phi) is 8.94. The van der Waals surface area contributed by atoms with Crippen LogP contribution < -0.4 is 5.56 Å². The Bertz CT molecular complexity index is 1460. The summed E-state index contributed by atoms with van der Waals surface area (Å²) in [7, 11) is 1.30. The summed E-state index contributed by atoms with van der Waals surface area (Å²) in [5.74, 6) is -0.0685. The van der Waals surface area contributed by atoms with E-state index in [2.05, 4.69) is 15.5 Å². The van der Waals surface area contributed by atoms with Crippen molar-refractivity contribution < 1.29 is 14.6 Å². The fourth-order valence-electron chi connectivity index (χ4n) is 8.02. The normalized spacial score (nSPS) is 24.1. The Morgan fingerprint density at radius 1 is 0.905 bits per heavy atom. The van der Waals surface area contributed by atoms with Crippen molar-refractivity contribution in [2.45, 2.75) is 108 Å². The number of hydrogen-bond acceptors (Lipinski definition) is 6. The lowest BCUT2D eigenvalue weighted by atomic mass is 9.88. The van der Waals surface area contributed by atoms with Gasteiger partial charge in [0.05, 0.1) is 18.1 Å². The molecule has 0 amide bonds. The smallest absolute Gasteiger partial charge is 0.341 e. The van der Waals surface area contributed by atoms with Gasteiger partial charge < -0.3 is 14.4 Å². The predicted molar refractivity (Wildman–Crippen MR) is 165 cm³/mol. The molecule has 3 atom stereocenters. The molecule has 2 saturated heterocycles. The molecule has 0 radical (unpaired) electrons. The zero-order valence-corrected chi connectivity index (χ0v) is 25.0. The van der Waals surface area contributed by atoms with E-state index in [1.165, 1.54) is 83.9 Å². The molecule has 0 unspecified atom stereocenters. The van der Waals surface area contributed by atoms with Crippen LogP contribution in [0.3, 0.4) is 0 Å². The summed E-state index contributed by atoms with van der Waals surface area (Å²) in [4.78, 5) is 34.1. The highest BCUT2D eigenvalue weighted by molar-refractivity contribution is 5.92. The number of benzene rings is 2. The molecule has 2 aromatic carbocycles. The molecule has 3 heterocycles. The molecule has 1 aromatic heterocycles. The third-order valence-corrected chi connectivity index (χ3v) is 10.1. The topological polar surface area (TPSA) is 84.7 Å². The number of fused-ring (bicyclic) bond motifs is 4. The number of phenolic OH excluding ortho intramolecular Hbond substituents is 1. The number of nitrogens with zero attached hydrogens (tertiary/aromatic N) is 3. The number of rotatable bonds is 6. The number of esters is 1. The van der Waals surface area contributed by atoms with Gasteiger partial charge in [-0.05, 0) is 87.1 Å². The highest BCUT2D eigenvalue weighted by atomic mass is 16.5. The molecule has 1 N–H and O–H groups in total. The minimum absolute atomic E-state index is 0.0168. The van der Waals surface area contributed by atoms with Crippen molar-refractivity contribution >= 4 is 17.0 Å². The van der Waals surface area contributed by atoms with Gasteiger partial charge in [0.1, 0.15) is 17.0 Å². The Labute approximate surface area is 248 Å². The molecule has 0 spiro atoms. The number of carbonyl (C=O) groups is 1. The van der Waals surface area contributed by atoms with Crippen molar-refractivity contribution in [2.75, 3.05) is 13.7 Å². The lowest BCUT2D eigenvalue weighted by Gasteiger charge is -2.38. The molecule has 7 heteroatoms. The van der Waals surface area contributed by atoms with Crippen LogP contribution in [0.2, 0.25) is 0 Å². The number of aromatic hydroxyl groups is 1. The highest BCUT2D eigenvalue weighted by Gasteiger charge is 2.38. The molecule has 1 saturated carbocycles. The molecule has 7 nitrogen and oxygen atoms in total. The summed E-state index contributed by atoms with van der Waals surface area (Å²) >= 11 is 0. The summed E-state index contributed by atoms with van der Waals surface area (Å²) in [6.07, 6.45) is 16.3. The first kappa shape index (κ1) is 28.9. The van der Waals surface area contributed by atoms with E-state index in [1.807, 2.05) is 18.2 Å². The fraction of sp³-hybridized carbons (Fsp3) is 0.571. The van der Waals surface area contributed by atoms with Gasteiger partial charge in [-0.15, -0.1) is 0 Å². The van der Waals surface area contributed by atoms with Gasteiger partial charge in [-0.3, -0.25) is 9.69 Å². The van der Waals surface area contributed by atoms with Crippen LogP contribution in [0.1, 0.15) is 105 Å². The maximum atomic E-state index is 14.3. The first-order valence-corrected chi connectivity index (χ1v) is 16.2. The van der Waals surface area contributed by atoms with E-state index in [-0.39, 0.29) is 22.9 Å². The second-order valence-corrected chi connectivity index (χ2v) is 12.8. The van der Waals surface area contributed by atoms with E-state index in [1.54, 1.807) is 12.1 Å². The number of para-hydroxylation sites is 2. The van der Waals surface area contributed by atoms with Crippen molar-refractivity contribution in [3.8, 4) is 5.75 Å². The fourth-order valence-corrected chi connectivity index (χ4v) is 8.02. The van der Waals surface area contributed by atoms with Gasteiger partial charge >= 0.3 is 5.97 Å². The van der Waals surface area contributed by atoms with Gasteiger partial charge in [0.2, 0.25) is 0 Å². The first-order chi connectivity index (χ1) is 20.5. The molecular weight excluding hydrogens is 526 g/mol. The lowest BCUT2D eigenvalue weighted by Crippen LogP contribution is -2.44. The summed E-state index contributed by atoms with van der Waals surface area (Å²) in [6.45, 7) is 1.18. The number of carbonyl (C=O) groups excluding carboxylic acids is 1. The summed E-state index contributed by atoms with van der Waals surface area (Å²) in [5, 5.41) is 10.1. The van der Waals surface area contributed by atoms with Crippen molar-refractivity contribution in [2.24, 2.45) is 5.92 Å². The maximum Gasteiger partial charge on any atom is 0.341 e. The van der Waals surface area contributed by atoms with Gasteiger partial charge in [-0.2, -0.15) is 0 Å². The van der Waals surface area contributed by atoms with Crippen molar-refractivity contribution in [3.63, 3.8) is 0 Å². The average Bonchev–Trinajstić information content (AvgIpc) is 3.27. The largest absolute Gasteiger partial charge is 0.507 e. The number of phenols is 1. The lowest BCUT2D eigenvalue weighted by molar-refractivity contribution is 0.0597. The Hall–Kier alpha value is -3.19. The molecule has 2 bridgehead atoms. The molecule has 3 fully saturated rings. The monoisotopic (exact) mass is 571 g/mol.